The van der Waals surface area contributed by atoms with Gasteiger partial charge in [-0.1, -0.05) is 6.07 Å². The van der Waals surface area contributed by atoms with Crippen molar-refractivity contribution in [2.45, 2.75) is 13.1 Å². The molecule has 0 aliphatic heterocycles. The van der Waals surface area contributed by atoms with Gasteiger partial charge in [-0.25, -0.2) is 4.68 Å². The number of nitrogens with zero attached hydrogens (tertiary/aromatic N) is 2. The molecule has 3 rings (SSSR count). The van der Waals surface area contributed by atoms with Crippen LogP contribution in [-0.4, -0.2) is 22.8 Å². The first kappa shape index (κ1) is 18.5. The van der Waals surface area contributed by atoms with Crippen molar-refractivity contribution in [2.75, 3.05) is 12.4 Å². The molecule has 1 heterocycles. The third-order valence-corrected chi connectivity index (χ3v) is 3.96. The molecule has 0 atom stereocenters. The maximum Gasteiger partial charge on any atom is 0.416 e. The van der Waals surface area contributed by atoms with E-state index in [2.05, 4.69) is 10.4 Å². The van der Waals surface area contributed by atoms with Crippen molar-refractivity contribution in [1.82, 2.24) is 9.78 Å². The van der Waals surface area contributed by atoms with Crippen LogP contribution in [0.3, 0.4) is 0 Å². The number of amides is 1. The van der Waals surface area contributed by atoms with Gasteiger partial charge in [-0.15, -0.1) is 0 Å². The molecule has 0 unspecified atom stereocenters. The average Bonchev–Trinajstić information content (AvgIpc) is 3.13. The molecule has 1 N–H and O–H groups in total. The molecule has 0 saturated heterocycles. The highest BCUT2D eigenvalue weighted by molar-refractivity contribution is 6.02. The summed E-state index contributed by atoms with van der Waals surface area (Å²) in [6.45, 7) is 1.37. The van der Waals surface area contributed by atoms with Crippen LogP contribution in [0.5, 0.6) is 5.75 Å². The molecule has 5 nitrogen and oxygen atoms in total. The second kappa shape index (κ2) is 7.14. The SMILES string of the molecule is COc1ccc(-n2ccc(C(=O)Nc3ccc(C)c(C(F)(F)F)c3)n2)cc1. The van der Waals surface area contributed by atoms with Crippen LogP contribution in [-0.2, 0) is 6.18 Å². The van der Waals surface area contributed by atoms with Crippen LogP contribution in [0.15, 0.2) is 54.7 Å². The van der Waals surface area contributed by atoms with Crippen molar-refractivity contribution in [3.63, 3.8) is 0 Å². The molecular weight excluding hydrogens is 359 g/mol. The molecule has 0 spiro atoms. The predicted octanol–water partition coefficient (Wildman–Crippen LogP) is 4.46. The number of hydrogen-bond donors (Lipinski definition) is 1. The van der Waals surface area contributed by atoms with Crippen LogP contribution in [0.1, 0.15) is 21.6 Å². The van der Waals surface area contributed by atoms with Crippen LogP contribution in [0.25, 0.3) is 5.69 Å². The van der Waals surface area contributed by atoms with E-state index in [0.717, 1.165) is 6.07 Å². The summed E-state index contributed by atoms with van der Waals surface area (Å²) >= 11 is 0. The zero-order valence-electron chi connectivity index (χ0n) is 14.5. The number of carbonyl (C=O) groups is 1. The fourth-order valence-electron chi connectivity index (χ4n) is 2.52. The lowest BCUT2D eigenvalue weighted by atomic mass is 10.1. The van der Waals surface area contributed by atoms with Gasteiger partial charge in [0.15, 0.2) is 5.69 Å². The zero-order chi connectivity index (χ0) is 19.6. The smallest absolute Gasteiger partial charge is 0.416 e. The molecule has 27 heavy (non-hydrogen) atoms. The van der Waals surface area contributed by atoms with Crippen molar-refractivity contribution >= 4 is 11.6 Å². The summed E-state index contributed by atoms with van der Waals surface area (Å²) in [5.74, 6) is 0.0861. The third kappa shape index (κ3) is 4.11. The first-order chi connectivity index (χ1) is 12.8. The van der Waals surface area contributed by atoms with Gasteiger partial charge >= 0.3 is 6.18 Å². The van der Waals surface area contributed by atoms with Crippen LogP contribution >= 0.6 is 0 Å². The second-order valence-electron chi connectivity index (χ2n) is 5.83. The molecule has 0 aliphatic rings. The molecule has 0 saturated carbocycles. The molecule has 1 aromatic heterocycles. The predicted molar refractivity (Wildman–Crippen MR) is 94.3 cm³/mol. The Balaban J connectivity index is 1.78. The van der Waals surface area contributed by atoms with Gasteiger partial charge in [0, 0.05) is 11.9 Å². The number of hydrogen-bond acceptors (Lipinski definition) is 3. The maximum atomic E-state index is 13.0. The van der Waals surface area contributed by atoms with Crippen molar-refractivity contribution < 1.29 is 22.7 Å². The molecule has 140 valence electrons. The lowest BCUT2D eigenvalue weighted by Gasteiger charge is -2.12. The van der Waals surface area contributed by atoms with Gasteiger partial charge in [-0.05, 0) is 55.0 Å². The number of aromatic nitrogens is 2. The lowest BCUT2D eigenvalue weighted by Crippen LogP contribution is -2.15. The Morgan fingerprint density at radius 1 is 1.11 bits per heavy atom. The number of rotatable bonds is 4. The number of methoxy groups -OCH3 is 1. The fraction of sp³-hybridized carbons (Fsp3) is 0.158. The van der Waals surface area contributed by atoms with E-state index >= 15 is 0 Å². The minimum atomic E-state index is -4.49. The molecule has 0 aliphatic carbocycles. The topological polar surface area (TPSA) is 56.1 Å². The first-order valence-electron chi connectivity index (χ1n) is 7.97. The minimum absolute atomic E-state index is 0.0527. The highest BCUT2D eigenvalue weighted by atomic mass is 19.4. The van der Waals surface area contributed by atoms with Gasteiger partial charge in [0.05, 0.1) is 18.4 Å². The number of alkyl halides is 3. The summed E-state index contributed by atoms with van der Waals surface area (Å²) in [6.07, 6.45) is -2.90. The van der Waals surface area contributed by atoms with Gasteiger partial charge in [-0.3, -0.25) is 4.79 Å². The molecule has 3 aromatic rings. The highest BCUT2D eigenvalue weighted by Gasteiger charge is 2.32. The van der Waals surface area contributed by atoms with Gasteiger partial charge in [-0.2, -0.15) is 18.3 Å². The van der Waals surface area contributed by atoms with Crippen LogP contribution in [0.4, 0.5) is 18.9 Å². The molecule has 1 amide bonds. The monoisotopic (exact) mass is 375 g/mol. The quantitative estimate of drug-likeness (QED) is 0.733. The molecule has 0 bridgehead atoms. The number of nitrogens with one attached hydrogen (secondary N) is 1. The van der Waals surface area contributed by atoms with Gasteiger partial charge in [0.25, 0.3) is 5.91 Å². The van der Waals surface area contributed by atoms with E-state index in [-0.39, 0.29) is 16.9 Å². The Hall–Kier alpha value is -3.29. The fourth-order valence-corrected chi connectivity index (χ4v) is 2.52. The molecule has 0 radical (unpaired) electrons. The highest BCUT2D eigenvalue weighted by Crippen LogP contribution is 2.33. The number of anilines is 1. The van der Waals surface area contributed by atoms with Crippen molar-refractivity contribution in [3.05, 3.63) is 71.5 Å². The lowest BCUT2D eigenvalue weighted by molar-refractivity contribution is -0.138. The second-order valence-corrected chi connectivity index (χ2v) is 5.83. The van der Waals surface area contributed by atoms with E-state index in [1.807, 2.05) is 0 Å². The molecule has 0 fully saturated rings. The van der Waals surface area contributed by atoms with E-state index < -0.39 is 17.6 Å². The molecule has 2 aromatic carbocycles. The summed E-state index contributed by atoms with van der Waals surface area (Å²) in [5.41, 5.74) is 0.148. The summed E-state index contributed by atoms with van der Waals surface area (Å²) in [7, 11) is 1.56. The minimum Gasteiger partial charge on any atom is -0.497 e. The zero-order valence-corrected chi connectivity index (χ0v) is 14.5. The summed E-state index contributed by atoms with van der Waals surface area (Å²) in [4.78, 5) is 12.3. The average molecular weight is 375 g/mol. The number of benzene rings is 2. The van der Waals surface area contributed by atoms with Crippen molar-refractivity contribution in [3.8, 4) is 11.4 Å². The van der Waals surface area contributed by atoms with E-state index in [0.29, 0.717) is 11.4 Å². The largest absolute Gasteiger partial charge is 0.497 e. The summed E-state index contributed by atoms with van der Waals surface area (Å²) in [5, 5.41) is 6.61. The standard InChI is InChI=1S/C19H16F3N3O2/c1-12-3-4-13(11-16(12)19(20,21)22)23-18(26)17-9-10-25(24-17)14-5-7-15(27-2)8-6-14/h3-11H,1-2H3,(H,23,26). The third-order valence-electron chi connectivity index (χ3n) is 3.96. The maximum absolute atomic E-state index is 13.0. The Morgan fingerprint density at radius 3 is 2.44 bits per heavy atom. The van der Waals surface area contributed by atoms with Gasteiger partial charge in [0.2, 0.25) is 0 Å². The van der Waals surface area contributed by atoms with Crippen LogP contribution in [0, 0.1) is 6.92 Å². The van der Waals surface area contributed by atoms with Crippen LogP contribution in [0.2, 0.25) is 0 Å². The summed E-state index contributed by atoms with van der Waals surface area (Å²) < 4.78 is 45.6. The van der Waals surface area contributed by atoms with Crippen LogP contribution < -0.4 is 10.1 Å². The number of aryl methyl sites for hydroxylation is 1. The Labute approximate surface area is 153 Å². The van der Waals surface area contributed by atoms with E-state index in [1.54, 1.807) is 37.6 Å². The van der Waals surface area contributed by atoms with Crippen molar-refractivity contribution in [2.24, 2.45) is 0 Å². The molecule has 8 heteroatoms. The normalized spacial score (nSPS) is 11.3. The Morgan fingerprint density at radius 2 is 1.81 bits per heavy atom. The molecular formula is C19H16F3N3O2. The summed E-state index contributed by atoms with van der Waals surface area (Å²) in [6, 6.07) is 12.2. The number of carbonyl (C=O) groups excluding carboxylic acids is 1. The van der Waals surface area contributed by atoms with Gasteiger partial charge < -0.3 is 10.1 Å². The number of ether oxygens (including phenoxy) is 1. The van der Waals surface area contributed by atoms with Crippen molar-refractivity contribution in [1.29, 1.82) is 0 Å². The van der Waals surface area contributed by atoms with Gasteiger partial charge in [0.1, 0.15) is 5.75 Å². The van der Waals surface area contributed by atoms with E-state index in [4.69, 9.17) is 4.74 Å². The Bertz CT molecular complexity index is 963. The number of halogens is 3. The Kier molecular flexibility index (Phi) is 4.89. The first-order valence-corrected chi connectivity index (χ1v) is 7.97. The van der Waals surface area contributed by atoms with E-state index in [9.17, 15) is 18.0 Å². The van der Waals surface area contributed by atoms with E-state index in [1.165, 1.54) is 29.8 Å².